The lowest BCUT2D eigenvalue weighted by Crippen LogP contribution is -2.61. The van der Waals surface area contributed by atoms with Gasteiger partial charge in [-0.15, -0.1) is 23.2 Å². The number of ether oxygens (including phenoxy) is 1. The Hall–Kier alpha value is -4.67. The minimum Gasteiger partial charge on any atom is -0.508 e. The largest absolute Gasteiger partial charge is 0.508 e. The highest BCUT2D eigenvalue weighted by atomic mass is 35.5. The van der Waals surface area contributed by atoms with Crippen molar-refractivity contribution >= 4 is 52.5 Å². The number of hydrogen-bond acceptors (Lipinski definition) is 7. The molecule has 0 aromatic heterocycles. The Balaban J connectivity index is 1.21. The zero-order valence-electron chi connectivity index (χ0n) is 25.8. The van der Waals surface area contributed by atoms with E-state index < -0.39 is 51.1 Å². The number of halogens is 3. The molecule has 250 valence electrons. The lowest BCUT2D eigenvalue weighted by molar-refractivity contribution is -0.140. The van der Waals surface area contributed by atoms with Gasteiger partial charge in [0.25, 0.3) is 11.8 Å². The third kappa shape index (κ3) is 4.57. The molecule has 3 aliphatic heterocycles. The third-order valence-electron chi connectivity index (χ3n) is 10.7. The van der Waals surface area contributed by atoms with Crippen molar-refractivity contribution in [1.82, 2.24) is 4.90 Å². The highest BCUT2D eigenvalue weighted by molar-refractivity contribution is 6.58. The summed E-state index contributed by atoms with van der Waals surface area (Å²) >= 11 is 14.9. The molecular weight excluding hydrogens is 674 g/mol. The molecule has 0 unspecified atom stereocenters. The molecule has 5 aliphatic rings. The normalized spacial score (nSPS) is 30.3. The highest BCUT2D eigenvalue weighted by Gasteiger charge is 2.77. The summed E-state index contributed by atoms with van der Waals surface area (Å²) in [6.45, 7) is 0.126. The summed E-state index contributed by atoms with van der Waals surface area (Å²) in [5.74, 6) is -5.55. The molecule has 6 atom stereocenters. The van der Waals surface area contributed by atoms with Crippen molar-refractivity contribution in [3.05, 3.63) is 107 Å². The van der Waals surface area contributed by atoms with E-state index in [1.807, 2.05) is 6.08 Å². The maximum absolute atomic E-state index is 14.5. The number of benzene rings is 3. The first-order valence-corrected chi connectivity index (χ1v) is 16.7. The van der Waals surface area contributed by atoms with Crippen molar-refractivity contribution in [2.75, 3.05) is 11.4 Å². The number of carbonyl (C=O) groups is 4. The summed E-state index contributed by atoms with van der Waals surface area (Å²) in [4.78, 5) is 54.9. The van der Waals surface area contributed by atoms with Crippen LogP contribution in [-0.4, -0.2) is 55.0 Å². The molecular formula is C37H29Cl2FN2O7. The number of allylic oxidation sites excluding steroid dienone is 3. The lowest BCUT2D eigenvalue weighted by atomic mass is 9.56. The summed E-state index contributed by atoms with van der Waals surface area (Å²) in [6.07, 6.45) is 3.92. The second kappa shape index (κ2) is 11.2. The fraction of sp³-hybridized carbons (Fsp3) is 0.297. The number of carbonyl (C=O) groups excluding carboxylic acids is 4. The lowest BCUT2D eigenvalue weighted by Gasteiger charge is -2.51. The average Bonchev–Trinajstić information content (AvgIpc) is 3.41. The molecule has 2 aliphatic carbocycles. The van der Waals surface area contributed by atoms with Crippen molar-refractivity contribution in [1.29, 1.82) is 0 Å². The van der Waals surface area contributed by atoms with E-state index in [0.717, 1.165) is 22.6 Å². The van der Waals surface area contributed by atoms with Crippen molar-refractivity contribution in [2.24, 2.45) is 23.7 Å². The molecule has 3 fully saturated rings. The number of aromatic hydroxyl groups is 2. The Morgan fingerprint density at radius 2 is 1.59 bits per heavy atom. The van der Waals surface area contributed by atoms with Gasteiger partial charge in [0, 0.05) is 24.4 Å². The van der Waals surface area contributed by atoms with Crippen molar-refractivity contribution in [3.8, 4) is 17.2 Å². The number of phenols is 2. The monoisotopic (exact) mass is 702 g/mol. The van der Waals surface area contributed by atoms with Gasteiger partial charge in [-0.05, 0) is 90.9 Å². The van der Waals surface area contributed by atoms with Crippen LogP contribution in [0.3, 0.4) is 0 Å². The number of amides is 4. The summed E-state index contributed by atoms with van der Waals surface area (Å²) in [5.41, 5.74) is 2.68. The highest BCUT2D eigenvalue weighted by Crippen LogP contribution is 2.65. The molecule has 3 aromatic rings. The molecule has 3 aromatic carbocycles. The van der Waals surface area contributed by atoms with Crippen LogP contribution in [-0.2, 0) is 32.0 Å². The predicted octanol–water partition coefficient (Wildman–Crippen LogP) is 5.39. The molecule has 49 heavy (non-hydrogen) atoms. The molecule has 0 bridgehead atoms. The molecule has 4 amide bonds. The quantitative estimate of drug-likeness (QED) is 0.208. The van der Waals surface area contributed by atoms with E-state index in [4.69, 9.17) is 27.9 Å². The number of alkyl halides is 2. The van der Waals surface area contributed by atoms with Gasteiger partial charge < -0.3 is 14.9 Å². The second-order valence-electron chi connectivity index (χ2n) is 13.3. The van der Waals surface area contributed by atoms with E-state index in [0.29, 0.717) is 28.9 Å². The zero-order valence-corrected chi connectivity index (χ0v) is 27.3. The van der Waals surface area contributed by atoms with Gasteiger partial charge in [0.15, 0.2) is 9.75 Å². The molecule has 2 saturated heterocycles. The van der Waals surface area contributed by atoms with Crippen LogP contribution in [0.5, 0.6) is 17.2 Å². The maximum atomic E-state index is 14.5. The summed E-state index contributed by atoms with van der Waals surface area (Å²) < 4.78 is 19.9. The Morgan fingerprint density at radius 3 is 2.33 bits per heavy atom. The van der Waals surface area contributed by atoms with Crippen LogP contribution in [0.1, 0.15) is 24.0 Å². The Kier molecular flexibility index (Phi) is 7.21. The van der Waals surface area contributed by atoms with E-state index >= 15 is 0 Å². The van der Waals surface area contributed by atoms with Crippen molar-refractivity contribution in [3.63, 3.8) is 0 Å². The molecule has 12 heteroatoms. The van der Waals surface area contributed by atoms with E-state index in [1.54, 1.807) is 24.3 Å². The molecule has 2 N–H and O–H groups in total. The van der Waals surface area contributed by atoms with E-state index in [9.17, 15) is 33.8 Å². The van der Waals surface area contributed by atoms with E-state index in [2.05, 4.69) is 0 Å². The minimum absolute atomic E-state index is 0.00851. The Labute approximate surface area is 290 Å². The maximum Gasteiger partial charge on any atom is 0.258 e. The molecule has 9 nitrogen and oxygen atoms in total. The molecule has 3 heterocycles. The smallest absolute Gasteiger partial charge is 0.258 e. The molecule has 1 saturated carbocycles. The van der Waals surface area contributed by atoms with Crippen LogP contribution < -0.4 is 9.64 Å². The first-order chi connectivity index (χ1) is 23.4. The van der Waals surface area contributed by atoms with Crippen molar-refractivity contribution in [2.45, 2.75) is 35.4 Å². The Bertz CT molecular complexity index is 2020. The second-order valence-corrected chi connectivity index (χ2v) is 14.5. The number of hydrogen-bond donors (Lipinski definition) is 2. The zero-order chi connectivity index (χ0) is 34.4. The summed E-state index contributed by atoms with van der Waals surface area (Å²) in [5, 5.41) is 19.9. The number of nitrogens with zero attached hydrogens (tertiary/aromatic N) is 2. The van der Waals surface area contributed by atoms with Gasteiger partial charge in [-0.1, -0.05) is 23.8 Å². The van der Waals surface area contributed by atoms with Gasteiger partial charge in [-0.3, -0.25) is 24.1 Å². The average molecular weight is 704 g/mol. The molecule has 0 radical (unpaired) electrons. The van der Waals surface area contributed by atoms with Crippen LogP contribution in [0.25, 0.3) is 0 Å². The molecule has 8 rings (SSSR count). The van der Waals surface area contributed by atoms with Gasteiger partial charge in [0.05, 0.1) is 23.8 Å². The number of rotatable bonds is 5. The van der Waals surface area contributed by atoms with Crippen LogP contribution >= 0.6 is 23.2 Å². The Morgan fingerprint density at radius 1 is 0.878 bits per heavy atom. The minimum atomic E-state index is -2.08. The van der Waals surface area contributed by atoms with Gasteiger partial charge >= 0.3 is 0 Å². The predicted molar refractivity (Wildman–Crippen MR) is 176 cm³/mol. The van der Waals surface area contributed by atoms with Crippen molar-refractivity contribution < 1.29 is 38.5 Å². The van der Waals surface area contributed by atoms with Gasteiger partial charge in [-0.2, -0.15) is 0 Å². The number of fused-ring (bicyclic) bond motifs is 5. The first-order valence-electron chi connectivity index (χ1n) is 16.0. The fourth-order valence-corrected chi connectivity index (χ4v) is 9.35. The van der Waals surface area contributed by atoms with E-state index in [-0.39, 0.29) is 54.8 Å². The van der Waals surface area contributed by atoms with Gasteiger partial charge in [0.1, 0.15) is 23.1 Å². The van der Waals surface area contributed by atoms with Gasteiger partial charge in [0.2, 0.25) is 11.8 Å². The number of anilines is 1. The summed E-state index contributed by atoms with van der Waals surface area (Å²) in [7, 11) is 0. The van der Waals surface area contributed by atoms with E-state index in [1.165, 1.54) is 41.5 Å². The fourth-order valence-electron chi connectivity index (χ4n) is 8.40. The van der Waals surface area contributed by atoms with Crippen LogP contribution in [0.4, 0.5) is 10.1 Å². The van der Waals surface area contributed by atoms with Crippen LogP contribution in [0.2, 0.25) is 0 Å². The third-order valence-corrected chi connectivity index (χ3v) is 12.1. The molecule has 0 spiro atoms. The summed E-state index contributed by atoms with van der Waals surface area (Å²) in [6, 6.07) is 16.0. The number of likely N-dealkylation sites (tertiary alicyclic amines) is 1. The SMILES string of the molecule is O=C1[C@H]2[C@H](CC=C3[C@H](C4=COc5ccc(O)cc5C4)[C@]4(Cl)C(=O)N(c5ccc(F)cc5)C(=O)[C@]4(Cl)C[C@H]32)C(=O)N1CCc1ccc(O)cc1. The first kappa shape index (κ1) is 31.6. The number of phenolic OH excluding ortho intramolecular Hbond substituents is 2. The topological polar surface area (TPSA) is 124 Å². The van der Waals surface area contributed by atoms with Crippen LogP contribution in [0.15, 0.2) is 90.2 Å². The van der Waals surface area contributed by atoms with Crippen LogP contribution in [0, 0.1) is 29.5 Å². The standard InChI is InChI=1S/C37H29Cl2FN2O7/c38-36-17-28-26(10-11-27-30(28)33(46)41(32(27)45)14-13-19-1-7-24(43)8-2-19)31(21-15-20-16-25(44)9-12-29(20)49-18-21)37(36,39)35(48)42(34(36)47)23-5-3-22(40)4-6-23/h1-10,12,16,18,27-28,30-31,43-44H,11,13-15,17H2/t27-,28+,30-,31-,36+,37-/m0/s1. The van der Waals surface area contributed by atoms with Gasteiger partial charge in [-0.25, -0.2) is 9.29 Å². The number of imide groups is 2.